The first-order valence-electron chi connectivity index (χ1n) is 10.1. The lowest BCUT2D eigenvalue weighted by molar-refractivity contribution is -0.144. The van der Waals surface area contributed by atoms with Gasteiger partial charge in [0.2, 0.25) is 0 Å². The van der Waals surface area contributed by atoms with Crippen molar-refractivity contribution in [2.75, 3.05) is 12.3 Å². The van der Waals surface area contributed by atoms with Crippen LogP contribution in [0.4, 0.5) is 5.00 Å². The van der Waals surface area contributed by atoms with Crippen molar-refractivity contribution in [1.82, 2.24) is 5.16 Å². The van der Waals surface area contributed by atoms with Gasteiger partial charge in [-0.2, -0.15) is 5.26 Å². The Balaban J connectivity index is 1.58. The van der Waals surface area contributed by atoms with E-state index in [9.17, 15) is 14.9 Å². The highest BCUT2D eigenvalue weighted by Crippen LogP contribution is 2.32. The third-order valence-electron chi connectivity index (χ3n) is 4.82. The topological polar surface area (TPSA) is 138 Å². The molecule has 172 valence electrons. The van der Waals surface area contributed by atoms with Gasteiger partial charge in [-0.1, -0.05) is 17.3 Å². The molecule has 2 aromatic heterocycles. The van der Waals surface area contributed by atoms with Crippen LogP contribution in [0.3, 0.4) is 0 Å². The van der Waals surface area contributed by atoms with Crippen molar-refractivity contribution in [3.63, 3.8) is 0 Å². The highest BCUT2D eigenvalue weighted by molar-refractivity contribution is 7.18. The number of nitrogens with two attached hydrogens (primary N) is 1. The van der Waals surface area contributed by atoms with E-state index in [0.717, 1.165) is 28.2 Å². The molecule has 0 bridgehead atoms. The molecular weight excluding hydrogens is 446 g/mol. The van der Waals surface area contributed by atoms with Gasteiger partial charge in [-0.05, 0) is 38.5 Å². The summed E-state index contributed by atoms with van der Waals surface area (Å²) in [6.07, 6.45) is 0.0143. The second-order valence-corrected chi connectivity index (χ2v) is 8.11. The van der Waals surface area contributed by atoms with Crippen molar-refractivity contribution in [2.45, 2.75) is 40.4 Å². The van der Waals surface area contributed by atoms with Crippen molar-refractivity contribution in [3.8, 4) is 11.8 Å². The Hall–Kier alpha value is -3.84. The van der Waals surface area contributed by atoms with Gasteiger partial charge in [-0.15, -0.1) is 11.3 Å². The highest BCUT2D eigenvalue weighted by atomic mass is 32.1. The Morgan fingerprint density at radius 2 is 1.88 bits per heavy atom. The predicted molar refractivity (Wildman–Crippen MR) is 120 cm³/mol. The molecule has 0 aliphatic rings. The normalized spacial score (nSPS) is 10.5. The van der Waals surface area contributed by atoms with E-state index in [1.54, 1.807) is 31.2 Å². The number of ether oxygens (including phenoxy) is 3. The SMILES string of the molecule is CCOC(=O)c1sc(N)c(C#N)c1COC(=O)Cc1ccc(OCc2c(C)noc2C)cc1. The maximum Gasteiger partial charge on any atom is 0.348 e. The molecule has 0 fully saturated rings. The number of carbonyl (C=O) groups excluding carboxylic acids is 2. The smallest absolute Gasteiger partial charge is 0.348 e. The number of aryl methyl sites for hydroxylation is 2. The van der Waals surface area contributed by atoms with E-state index < -0.39 is 11.9 Å². The minimum Gasteiger partial charge on any atom is -0.489 e. The van der Waals surface area contributed by atoms with Gasteiger partial charge in [0.05, 0.1) is 29.8 Å². The fourth-order valence-corrected chi connectivity index (χ4v) is 3.96. The van der Waals surface area contributed by atoms with E-state index in [0.29, 0.717) is 18.1 Å². The summed E-state index contributed by atoms with van der Waals surface area (Å²) in [5.74, 6) is 0.236. The van der Waals surface area contributed by atoms with Crippen LogP contribution in [0.5, 0.6) is 5.75 Å². The number of esters is 2. The van der Waals surface area contributed by atoms with E-state index in [-0.39, 0.29) is 40.6 Å². The maximum atomic E-state index is 12.3. The largest absolute Gasteiger partial charge is 0.489 e. The van der Waals surface area contributed by atoms with E-state index in [1.165, 1.54) is 0 Å². The van der Waals surface area contributed by atoms with Gasteiger partial charge < -0.3 is 24.5 Å². The number of anilines is 1. The number of nitrogen functional groups attached to an aromatic ring is 1. The third-order valence-corrected chi connectivity index (χ3v) is 5.86. The van der Waals surface area contributed by atoms with E-state index in [4.69, 9.17) is 24.5 Å². The average Bonchev–Trinajstić information content (AvgIpc) is 3.29. The summed E-state index contributed by atoms with van der Waals surface area (Å²) in [6.45, 7) is 5.61. The van der Waals surface area contributed by atoms with Crippen LogP contribution in [0.15, 0.2) is 28.8 Å². The Kier molecular flexibility index (Phi) is 7.69. The Morgan fingerprint density at radius 3 is 2.48 bits per heavy atom. The van der Waals surface area contributed by atoms with E-state index in [1.807, 2.05) is 19.9 Å². The van der Waals surface area contributed by atoms with Crippen LogP contribution in [0.1, 0.15) is 50.3 Å². The quantitative estimate of drug-likeness (QED) is 0.463. The molecule has 10 heteroatoms. The minimum atomic E-state index is -0.603. The highest BCUT2D eigenvalue weighted by Gasteiger charge is 2.24. The van der Waals surface area contributed by atoms with Crippen LogP contribution in [0.2, 0.25) is 0 Å². The molecule has 0 aliphatic heterocycles. The van der Waals surface area contributed by atoms with E-state index >= 15 is 0 Å². The molecule has 0 radical (unpaired) electrons. The van der Waals surface area contributed by atoms with Crippen molar-refractivity contribution in [3.05, 3.63) is 62.9 Å². The second kappa shape index (κ2) is 10.7. The van der Waals surface area contributed by atoms with Gasteiger partial charge in [-0.25, -0.2) is 4.79 Å². The summed E-state index contributed by atoms with van der Waals surface area (Å²) >= 11 is 0.942. The Bertz CT molecular complexity index is 1170. The molecule has 2 N–H and O–H groups in total. The Labute approximate surface area is 194 Å². The van der Waals surface area contributed by atoms with Crippen molar-refractivity contribution in [1.29, 1.82) is 5.26 Å². The van der Waals surface area contributed by atoms with Gasteiger partial charge in [-0.3, -0.25) is 4.79 Å². The van der Waals surface area contributed by atoms with Gasteiger partial charge >= 0.3 is 11.9 Å². The monoisotopic (exact) mass is 469 g/mol. The molecule has 0 unspecified atom stereocenters. The molecule has 33 heavy (non-hydrogen) atoms. The summed E-state index contributed by atoms with van der Waals surface area (Å²) in [4.78, 5) is 24.7. The number of aromatic nitrogens is 1. The number of thiophene rings is 1. The molecule has 0 atom stereocenters. The van der Waals surface area contributed by atoms with Gasteiger partial charge in [0, 0.05) is 5.56 Å². The van der Waals surface area contributed by atoms with Crippen molar-refractivity contribution < 1.29 is 28.3 Å². The van der Waals surface area contributed by atoms with Gasteiger partial charge in [0.15, 0.2) is 0 Å². The minimum absolute atomic E-state index is 0.0143. The first-order chi connectivity index (χ1) is 15.8. The zero-order chi connectivity index (χ0) is 24.0. The first kappa shape index (κ1) is 23.8. The number of rotatable bonds is 9. The molecule has 0 saturated heterocycles. The van der Waals surface area contributed by atoms with Crippen LogP contribution >= 0.6 is 11.3 Å². The number of nitrogens with zero attached hydrogens (tertiary/aromatic N) is 2. The summed E-state index contributed by atoms with van der Waals surface area (Å²) in [7, 11) is 0. The zero-order valence-corrected chi connectivity index (χ0v) is 19.3. The third kappa shape index (κ3) is 5.70. The second-order valence-electron chi connectivity index (χ2n) is 7.05. The zero-order valence-electron chi connectivity index (χ0n) is 18.5. The molecule has 3 rings (SSSR count). The molecule has 0 amide bonds. The maximum absolute atomic E-state index is 12.3. The van der Waals surface area contributed by atoms with E-state index in [2.05, 4.69) is 5.16 Å². The average molecular weight is 470 g/mol. The molecule has 9 nitrogen and oxygen atoms in total. The Morgan fingerprint density at radius 1 is 1.15 bits per heavy atom. The van der Waals surface area contributed by atoms with Gasteiger partial charge in [0.25, 0.3) is 0 Å². The molecule has 0 spiro atoms. The predicted octanol–water partition coefficient (Wildman–Crippen LogP) is 3.85. The lowest BCUT2D eigenvalue weighted by Crippen LogP contribution is -2.11. The number of hydrogen-bond acceptors (Lipinski definition) is 10. The summed E-state index contributed by atoms with van der Waals surface area (Å²) in [5.41, 5.74) is 8.61. The number of carbonyl (C=O) groups is 2. The molecule has 3 aromatic rings. The lowest BCUT2D eigenvalue weighted by Gasteiger charge is -2.08. The number of nitriles is 1. The van der Waals surface area contributed by atoms with Crippen LogP contribution in [-0.4, -0.2) is 23.7 Å². The summed E-state index contributed by atoms with van der Waals surface area (Å²) in [6, 6.07) is 8.99. The van der Waals surface area contributed by atoms with Crippen LogP contribution < -0.4 is 10.5 Å². The molecular formula is C23H23N3O6S. The van der Waals surface area contributed by atoms with Crippen LogP contribution in [-0.2, 0) is 33.9 Å². The van der Waals surface area contributed by atoms with Crippen molar-refractivity contribution >= 4 is 28.3 Å². The molecule has 1 aromatic carbocycles. The number of benzene rings is 1. The fraction of sp³-hybridized carbons (Fsp3) is 0.304. The first-order valence-corrected chi connectivity index (χ1v) is 10.9. The summed E-state index contributed by atoms with van der Waals surface area (Å²) < 4.78 is 21.2. The standard InChI is InChI=1S/C23H23N3O6S/c1-4-29-23(28)21-19(17(10-24)22(25)33-21)12-31-20(27)9-15-5-7-16(8-6-15)30-11-18-13(2)26-32-14(18)3/h5-8H,4,9,11-12,25H2,1-3H3. The fourth-order valence-electron chi connectivity index (χ4n) is 3.04. The van der Waals surface area contributed by atoms with Crippen molar-refractivity contribution in [2.24, 2.45) is 0 Å². The van der Waals surface area contributed by atoms with Crippen LogP contribution in [0, 0.1) is 25.2 Å². The molecule has 2 heterocycles. The number of hydrogen-bond donors (Lipinski definition) is 1. The lowest BCUT2D eigenvalue weighted by atomic mass is 10.1. The van der Waals surface area contributed by atoms with Gasteiger partial charge in [0.1, 0.15) is 40.7 Å². The molecule has 0 aliphatic carbocycles. The molecule has 0 saturated carbocycles. The summed E-state index contributed by atoms with van der Waals surface area (Å²) in [5, 5.41) is 13.4. The van der Waals surface area contributed by atoms with Crippen LogP contribution in [0.25, 0.3) is 0 Å².